The Balaban J connectivity index is 3.29. The van der Waals surface area contributed by atoms with Gasteiger partial charge in [-0.25, -0.2) is 0 Å². The lowest BCUT2D eigenvalue weighted by atomic mass is 10.1. The van der Waals surface area contributed by atoms with Crippen molar-refractivity contribution in [2.75, 3.05) is 12.3 Å². The van der Waals surface area contributed by atoms with Crippen molar-refractivity contribution in [1.29, 1.82) is 0 Å². The lowest BCUT2D eigenvalue weighted by Crippen LogP contribution is -2.35. The van der Waals surface area contributed by atoms with Crippen LogP contribution in [0, 0.1) is 0 Å². The first kappa shape index (κ1) is 17.8. The highest BCUT2D eigenvalue weighted by Crippen LogP contribution is 2.10. The van der Waals surface area contributed by atoms with Crippen molar-refractivity contribution in [2.45, 2.75) is 70.8 Å². The number of nitrogens with one attached hydrogen (secondary N) is 1. The summed E-state index contributed by atoms with van der Waals surface area (Å²) in [6.45, 7) is 2.75. The van der Waals surface area contributed by atoms with Crippen LogP contribution in [-0.2, 0) is 4.79 Å². The molecule has 0 aliphatic heterocycles. The smallest absolute Gasteiger partial charge is 0.248 e. The van der Waals surface area contributed by atoms with E-state index in [1.165, 1.54) is 38.5 Å². The first-order valence-corrected chi connectivity index (χ1v) is 7.92. The van der Waals surface area contributed by atoms with E-state index in [1.54, 1.807) is 0 Å². The molecule has 0 heterocycles. The Labute approximate surface area is 117 Å². The van der Waals surface area contributed by atoms with Crippen LogP contribution >= 0.6 is 12.6 Å². The van der Waals surface area contributed by atoms with Gasteiger partial charge in [0.2, 0.25) is 5.91 Å². The van der Waals surface area contributed by atoms with Crippen molar-refractivity contribution in [3.8, 4) is 0 Å². The summed E-state index contributed by atoms with van der Waals surface area (Å²) in [6, 6.07) is 0. The van der Waals surface area contributed by atoms with Crippen molar-refractivity contribution in [3.63, 3.8) is 0 Å². The number of amides is 1. The number of rotatable bonds is 12. The van der Waals surface area contributed by atoms with E-state index in [2.05, 4.69) is 24.9 Å². The molecular formula is C14H29NO2S. The Bertz CT molecular complexity index is 200. The average molecular weight is 275 g/mol. The van der Waals surface area contributed by atoms with Gasteiger partial charge in [-0.3, -0.25) is 4.79 Å². The number of carbonyl (C=O) groups is 1. The van der Waals surface area contributed by atoms with E-state index in [-0.39, 0.29) is 5.91 Å². The fraction of sp³-hybridized carbons (Fsp3) is 0.929. The average Bonchev–Trinajstić information content (AvgIpc) is 2.38. The van der Waals surface area contributed by atoms with Gasteiger partial charge < -0.3 is 10.4 Å². The van der Waals surface area contributed by atoms with Crippen LogP contribution in [0.1, 0.15) is 64.7 Å². The van der Waals surface area contributed by atoms with Crippen molar-refractivity contribution in [3.05, 3.63) is 0 Å². The molecule has 108 valence electrons. The highest BCUT2D eigenvalue weighted by Gasteiger charge is 2.12. The lowest BCUT2D eigenvalue weighted by Gasteiger charge is -2.10. The maximum absolute atomic E-state index is 11.3. The molecule has 1 unspecified atom stereocenters. The number of carbonyl (C=O) groups excluding carboxylic acids is 1. The van der Waals surface area contributed by atoms with Gasteiger partial charge in [-0.2, -0.15) is 12.6 Å². The largest absolute Gasteiger partial charge is 0.383 e. The summed E-state index contributed by atoms with van der Waals surface area (Å²) in [7, 11) is 0. The normalized spacial score (nSPS) is 12.4. The molecule has 18 heavy (non-hydrogen) atoms. The molecule has 0 rings (SSSR count). The van der Waals surface area contributed by atoms with Gasteiger partial charge in [-0.15, -0.1) is 0 Å². The lowest BCUT2D eigenvalue weighted by molar-refractivity contribution is -0.129. The topological polar surface area (TPSA) is 49.3 Å². The molecule has 0 spiro atoms. The summed E-state index contributed by atoms with van der Waals surface area (Å²) in [5, 5.41) is 12.2. The zero-order chi connectivity index (χ0) is 13.6. The van der Waals surface area contributed by atoms with Gasteiger partial charge in [0.25, 0.3) is 0 Å². The molecule has 0 radical (unpaired) electrons. The number of aliphatic hydroxyl groups excluding tert-OH is 1. The van der Waals surface area contributed by atoms with Gasteiger partial charge in [0.15, 0.2) is 0 Å². The van der Waals surface area contributed by atoms with E-state index >= 15 is 0 Å². The van der Waals surface area contributed by atoms with Gasteiger partial charge in [0, 0.05) is 12.3 Å². The Morgan fingerprint density at radius 3 is 2.22 bits per heavy atom. The van der Waals surface area contributed by atoms with E-state index < -0.39 is 6.10 Å². The van der Waals surface area contributed by atoms with Crippen molar-refractivity contribution in [2.24, 2.45) is 0 Å². The van der Waals surface area contributed by atoms with E-state index in [4.69, 9.17) is 0 Å². The van der Waals surface area contributed by atoms with Crippen molar-refractivity contribution in [1.82, 2.24) is 5.32 Å². The second-order valence-corrected chi connectivity index (χ2v) is 5.24. The standard InChI is InChI=1S/C14H29NO2S/c1-2-3-4-5-6-7-8-9-10-13(16)14(17)15-11-12-18/h13,16,18H,2-12H2,1H3,(H,15,17). The maximum Gasteiger partial charge on any atom is 0.248 e. The van der Waals surface area contributed by atoms with Gasteiger partial charge in [0.1, 0.15) is 6.10 Å². The Morgan fingerprint density at radius 2 is 1.67 bits per heavy atom. The number of hydrogen-bond acceptors (Lipinski definition) is 3. The molecule has 0 bridgehead atoms. The highest BCUT2D eigenvalue weighted by atomic mass is 32.1. The molecule has 0 aromatic carbocycles. The van der Waals surface area contributed by atoms with Crippen LogP contribution in [0.2, 0.25) is 0 Å². The van der Waals surface area contributed by atoms with Gasteiger partial charge >= 0.3 is 0 Å². The minimum Gasteiger partial charge on any atom is -0.383 e. The molecule has 0 saturated carbocycles. The molecule has 4 heteroatoms. The fourth-order valence-electron chi connectivity index (χ4n) is 1.90. The highest BCUT2D eigenvalue weighted by molar-refractivity contribution is 7.80. The molecule has 0 aromatic heterocycles. The van der Waals surface area contributed by atoms with Crippen LogP contribution in [0.5, 0.6) is 0 Å². The molecule has 1 atom stereocenters. The van der Waals surface area contributed by atoms with Gasteiger partial charge in [-0.05, 0) is 6.42 Å². The van der Waals surface area contributed by atoms with Crippen molar-refractivity contribution >= 4 is 18.5 Å². The van der Waals surface area contributed by atoms with E-state index in [9.17, 15) is 9.90 Å². The molecule has 0 aliphatic rings. The third-order valence-corrected chi connectivity index (χ3v) is 3.27. The predicted octanol–water partition coefficient (Wildman–Crippen LogP) is 2.92. The fourth-order valence-corrected chi connectivity index (χ4v) is 2.01. The quantitative estimate of drug-likeness (QED) is 0.379. The van der Waals surface area contributed by atoms with Crippen LogP contribution in [0.3, 0.4) is 0 Å². The van der Waals surface area contributed by atoms with Crippen LogP contribution < -0.4 is 5.32 Å². The SMILES string of the molecule is CCCCCCCCCCC(O)C(=O)NCCS. The van der Waals surface area contributed by atoms with E-state index in [0.717, 1.165) is 12.8 Å². The Hall–Kier alpha value is -0.220. The van der Waals surface area contributed by atoms with Crippen LogP contribution in [0.4, 0.5) is 0 Å². The summed E-state index contributed by atoms with van der Waals surface area (Å²) >= 11 is 4.00. The number of hydrogen-bond donors (Lipinski definition) is 3. The minimum atomic E-state index is -0.843. The minimum absolute atomic E-state index is 0.257. The zero-order valence-electron chi connectivity index (χ0n) is 11.7. The first-order chi connectivity index (χ1) is 8.72. The third kappa shape index (κ3) is 10.9. The summed E-state index contributed by atoms with van der Waals surface area (Å²) in [4.78, 5) is 11.3. The predicted molar refractivity (Wildman–Crippen MR) is 80.1 cm³/mol. The van der Waals surface area contributed by atoms with E-state index in [0.29, 0.717) is 18.7 Å². The van der Waals surface area contributed by atoms with E-state index in [1.807, 2.05) is 0 Å². The molecule has 1 amide bonds. The van der Waals surface area contributed by atoms with Gasteiger partial charge in [0.05, 0.1) is 0 Å². The summed E-state index contributed by atoms with van der Waals surface area (Å²) < 4.78 is 0. The second kappa shape index (κ2) is 13.2. The molecule has 0 saturated heterocycles. The second-order valence-electron chi connectivity index (χ2n) is 4.79. The molecule has 3 nitrogen and oxygen atoms in total. The van der Waals surface area contributed by atoms with Crippen LogP contribution in [0.25, 0.3) is 0 Å². The number of thiol groups is 1. The van der Waals surface area contributed by atoms with Crippen LogP contribution in [-0.4, -0.2) is 29.4 Å². The van der Waals surface area contributed by atoms with Gasteiger partial charge in [-0.1, -0.05) is 58.3 Å². The monoisotopic (exact) mass is 275 g/mol. The summed E-state index contributed by atoms with van der Waals surface area (Å²) in [5.74, 6) is 0.350. The molecule has 0 aliphatic carbocycles. The molecule has 0 fully saturated rings. The number of unbranched alkanes of at least 4 members (excludes halogenated alkanes) is 7. The summed E-state index contributed by atoms with van der Waals surface area (Å²) in [5.41, 5.74) is 0. The molecular weight excluding hydrogens is 246 g/mol. The zero-order valence-corrected chi connectivity index (χ0v) is 12.6. The van der Waals surface area contributed by atoms with Crippen molar-refractivity contribution < 1.29 is 9.90 Å². The molecule has 0 aromatic rings. The Morgan fingerprint density at radius 1 is 1.11 bits per heavy atom. The molecule has 2 N–H and O–H groups in total. The number of aliphatic hydroxyl groups is 1. The first-order valence-electron chi connectivity index (χ1n) is 7.29. The third-order valence-electron chi connectivity index (χ3n) is 3.04. The Kier molecular flexibility index (Phi) is 13.1. The maximum atomic E-state index is 11.3. The van der Waals surface area contributed by atoms with Crippen LogP contribution in [0.15, 0.2) is 0 Å². The summed E-state index contributed by atoms with van der Waals surface area (Å²) in [6.07, 6.45) is 9.56.